The second-order valence-electron chi connectivity index (χ2n) is 5.34. The van der Waals surface area contributed by atoms with Gasteiger partial charge in [-0.3, -0.25) is 9.59 Å². The summed E-state index contributed by atoms with van der Waals surface area (Å²) in [5.74, 6) is 0.468. The number of thiazole rings is 1. The van der Waals surface area contributed by atoms with Gasteiger partial charge in [-0.1, -0.05) is 29.3 Å². The monoisotopic (exact) mass is 405 g/mol. The number of Topliss-reactive ketones (excluding diaryl/α,β-unsaturated/α-hetero) is 1. The second kappa shape index (κ2) is 7.91. The summed E-state index contributed by atoms with van der Waals surface area (Å²) in [6.07, 6.45) is 3.10. The summed E-state index contributed by atoms with van der Waals surface area (Å²) in [6, 6.07) is 11.9. The molecule has 0 aliphatic heterocycles. The first kappa shape index (κ1) is 18.5. The molecule has 0 aliphatic rings. The predicted octanol–water partition coefficient (Wildman–Crippen LogP) is 3.24. The Labute approximate surface area is 163 Å². The third-order valence-corrected chi connectivity index (χ3v) is 5.26. The van der Waals surface area contributed by atoms with Crippen molar-refractivity contribution in [2.24, 2.45) is 0 Å². The van der Waals surface area contributed by atoms with E-state index in [9.17, 15) is 9.59 Å². The predicted molar refractivity (Wildman–Crippen MR) is 106 cm³/mol. The van der Waals surface area contributed by atoms with E-state index in [1.54, 1.807) is 55.7 Å². The van der Waals surface area contributed by atoms with Gasteiger partial charge in [0.2, 0.25) is 0 Å². The van der Waals surface area contributed by atoms with E-state index >= 15 is 0 Å². The molecule has 0 amide bonds. The van der Waals surface area contributed by atoms with Crippen molar-refractivity contribution in [3.63, 3.8) is 0 Å². The molecule has 4 nitrogen and oxygen atoms in total. The highest BCUT2D eigenvalue weighted by molar-refractivity contribution is 7.07. The van der Waals surface area contributed by atoms with Gasteiger partial charge in [-0.15, -0.1) is 11.3 Å². The number of rotatable bonds is 4. The third-order valence-electron chi connectivity index (χ3n) is 3.56. The quantitative estimate of drug-likeness (QED) is 0.677. The molecular formula is C19H13Cl2NO3S. The molecule has 0 aliphatic carbocycles. The van der Waals surface area contributed by atoms with Crippen LogP contribution in [0.3, 0.4) is 0 Å². The average Bonchev–Trinajstić information content (AvgIpc) is 2.97. The summed E-state index contributed by atoms with van der Waals surface area (Å²) in [4.78, 5) is 27.1. The Morgan fingerprint density at radius 3 is 2.50 bits per heavy atom. The Morgan fingerprint density at radius 1 is 1.12 bits per heavy atom. The molecule has 1 aromatic heterocycles. The minimum absolute atomic E-state index is 0.203. The van der Waals surface area contributed by atoms with Crippen molar-refractivity contribution in [2.45, 2.75) is 0 Å². The average molecular weight is 406 g/mol. The molecule has 0 fully saturated rings. The molecule has 1 heterocycles. The largest absolute Gasteiger partial charge is 0.497 e. The van der Waals surface area contributed by atoms with E-state index in [0.717, 1.165) is 5.56 Å². The van der Waals surface area contributed by atoms with E-state index in [1.807, 2.05) is 0 Å². The van der Waals surface area contributed by atoms with E-state index in [2.05, 4.69) is 4.98 Å². The van der Waals surface area contributed by atoms with Gasteiger partial charge in [0.25, 0.3) is 5.56 Å². The van der Waals surface area contributed by atoms with Crippen molar-refractivity contribution in [3.8, 4) is 5.75 Å². The molecule has 1 N–H and O–H groups in total. The van der Waals surface area contributed by atoms with E-state index in [0.29, 0.717) is 30.6 Å². The van der Waals surface area contributed by atoms with Gasteiger partial charge in [0, 0.05) is 11.6 Å². The van der Waals surface area contributed by atoms with Gasteiger partial charge in [0.1, 0.15) is 5.75 Å². The van der Waals surface area contributed by atoms with Crippen LogP contribution in [0.1, 0.15) is 15.9 Å². The van der Waals surface area contributed by atoms with E-state index in [1.165, 1.54) is 17.4 Å². The number of carbonyl (C=O) groups is 1. The fraction of sp³-hybridized carbons (Fsp3) is 0.0526. The first-order valence-corrected chi connectivity index (χ1v) is 9.09. The summed E-state index contributed by atoms with van der Waals surface area (Å²) < 4.78 is 6.01. The number of carbonyl (C=O) groups excluding carboxylic acids is 1. The SMILES string of the molecule is COc1ccc(C(=O)/C=c2/[nH]c(=O)/c(=C/c3ccc(Cl)c(Cl)c3)s2)cc1. The molecule has 3 rings (SSSR count). The highest BCUT2D eigenvalue weighted by Crippen LogP contribution is 2.22. The number of halogens is 2. The molecule has 0 atom stereocenters. The van der Waals surface area contributed by atoms with Gasteiger partial charge in [0.15, 0.2) is 5.78 Å². The van der Waals surface area contributed by atoms with Crippen molar-refractivity contribution in [1.29, 1.82) is 0 Å². The highest BCUT2D eigenvalue weighted by Gasteiger charge is 2.04. The van der Waals surface area contributed by atoms with Crippen molar-refractivity contribution >= 4 is 52.5 Å². The molecular weight excluding hydrogens is 393 g/mol. The molecule has 26 heavy (non-hydrogen) atoms. The Kier molecular flexibility index (Phi) is 5.61. The lowest BCUT2D eigenvalue weighted by atomic mass is 10.1. The second-order valence-corrected chi connectivity index (χ2v) is 7.24. The fourth-order valence-electron chi connectivity index (χ4n) is 2.24. The van der Waals surface area contributed by atoms with Gasteiger partial charge in [-0.25, -0.2) is 0 Å². The lowest BCUT2D eigenvalue weighted by Crippen LogP contribution is -2.20. The van der Waals surface area contributed by atoms with Crippen molar-refractivity contribution in [3.05, 3.63) is 83.2 Å². The number of benzene rings is 2. The molecule has 3 aromatic rings. The standard InChI is InChI=1S/C19H13Cl2NO3S/c1-25-13-5-3-12(4-6-13)16(23)10-18-22-19(24)17(26-18)9-11-2-7-14(20)15(21)8-11/h2-10H,1H3,(H,22,24)/b17-9-,18-10-. The number of hydrogen-bond donors (Lipinski definition) is 1. The van der Waals surface area contributed by atoms with Gasteiger partial charge < -0.3 is 9.72 Å². The molecule has 7 heteroatoms. The van der Waals surface area contributed by atoms with Crippen LogP contribution in [0, 0.1) is 0 Å². The molecule has 0 saturated carbocycles. The molecule has 0 unspecified atom stereocenters. The summed E-state index contributed by atoms with van der Waals surface area (Å²) in [6.45, 7) is 0. The van der Waals surface area contributed by atoms with Crippen LogP contribution in [-0.4, -0.2) is 17.9 Å². The Hall–Kier alpha value is -2.34. The Morgan fingerprint density at radius 2 is 1.85 bits per heavy atom. The first-order chi connectivity index (χ1) is 12.5. The lowest BCUT2D eigenvalue weighted by molar-refractivity contribution is 0.106. The number of hydrogen-bond acceptors (Lipinski definition) is 4. The third kappa shape index (κ3) is 4.25. The van der Waals surface area contributed by atoms with Crippen molar-refractivity contribution in [2.75, 3.05) is 7.11 Å². The Balaban J connectivity index is 1.94. The van der Waals surface area contributed by atoms with Crippen LogP contribution in [0.25, 0.3) is 12.2 Å². The highest BCUT2D eigenvalue weighted by atomic mass is 35.5. The van der Waals surface area contributed by atoms with Crippen LogP contribution < -0.4 is 19.5 Å². The zero-order valence-corrected chi connectivity index (χ0v) is 15.9. The number of nitrogens with one attached hydrogen (secondary N) is 1. The molecule has 0 bridgehead atoms. The molecule has 132 valence electrons. The van der Waals surface area contributed by atoms with Crippen LogP contribution in [-0.2, 0) is 0 Å². The summed E-state index contributed by atoms with van der Waals surface area (Å²) >= 11 is 13.1. The van der Waals surface area contributed by atoms with Crippen molar-refractivity contribution < 1.29 is 9.53 Å². The summed E-state index contributed by atoms with van der Waals surface area (Å²) in [7, 11) is 1.56. The van der Waals surface area contributed by atoms with E-state index < -0.39 is 0 Å². The Bertz CT molecular complexity index is 1130. The first-order valence-electron chi connectivity index (χ1n) is 7.52. The topological polar surface area (TPSA) is 59.2 Å². The van der Waals surface area contributed by atoms with Gasteiger partial charge in [0.05, 0.1) is 26.4 Å². The normalized spacial score (nSPS) is 12.4. The van der Waals surface area contributed by atoms with Crippen LogP contribution in [0.15, 0.2) is 47.3 Å². The zero-order chi connectivity index (χ0) is 18.7. The molecule has 2 aromatic carbocycles. The number of ketones is 1. The minimum atomic E-state index is -0.269. The molecule has 0 saturated heterocycles. The molecule has 0 radical (unpaired) electrons. The minimum Gasteiger partial charge on any atom is -0.497 e. The van der Waals surface area contributed by atoms with Crippen LogP contribution in [0.5, 0.6) is 5.75 Å². The fourth-order valence-corrected chi connectivity index (χ4v) is 3.43. The van der Waals surface area contributed by atoms with E-state index in [-0.39, 0.29) is 11.3 Å². The van der Waals surface area contributed by atoms with Crippen LogP contribution >= 0.6 is 34.5 Å². The number of methoxy groups -OCH3 is 1. The maximum Gasteiger partial charge on any atom is 0.266 e. The number of H-pyrrole nitrogens is 1. The van der Waals surface area contributed by atoms with Crippen LogP contribution in [0.4, 0.5) is 0 Å². The maximum absolute atomic E-state index is 12.3. The number of aromatic amines is 1. The summed E-state index contributed by atoms with van der Waals surface area (Å²) in [5.41, 5.74) is 0.990. The maximum atomic E-state index is 12.3. The van der Waals surface area contributed by atoms with Crippen molar-refractivity contribution in [1.82, 2.24) is 4.98 Å². The smallest absolute Gasteiger partial charge is 0.266 e. The summed E-state index contributed by atoms with van der Waals surface area (Å²) in [5, 5.41) is 0.859. The van der Waals surface area contributed by atoms with Gasteiger partial charge in [-0.05, 0) is 48.0 Å². The van der Waals surface area contributed by atoms with Gasteiger partial charge in [-0.2, -0.15) is 0 Å². The van der Waals surface area contributed by atoms with Crippen LogP contribution in [0.2, 0.25) is 10.0 Å². The number of aromatic nitrogens is 1. The van der Waals surface area contributed by atoms with Gasteiger partial charge >= 0.3 is 0 Å². The lowest BCUT2D eigenvalue weighted by Gasteiger charge is -1.99. The molecule has 0 spiro atoms. The van der Waals surface area contributed by atoms with E-state index in [4.69, 9.17) is 27.9 Å². The zero-order valence-electron chi connectivity index (χ0n) is 13.6. The number of ether oxygens (including phenoxy) is 1.